The number of hydrogen-bond acceptors (Lipinski definition) is 3. The number of nitrogens with one attached hydrogen (secondary N) is 1. The molecule has 2 rings (SSSR count). The molecule has 4 nitrogen and oxygen atoms in total. The number of nitrogen functional groups attached to an aromatic ring is 1. The van der Waals surface area contributed by atoms with Crippen molar-refractivity contribution in [2.75, 3.05) is 18.1 Å². The van der Waals surface area contributed by atoms with Crippen molar-refractivity contribution in [2.45, 2.75) is 44.7 Å². The molecule has 1 fully saturated rings. The van der Waals surface area contributed by atoms with E-state index in [0.29, 0.717) is 27.5 Å². The van der Waals surface area contributed by atoms with Gasteiger partial charge in [-0.05, 0) is 38.9 Å². The lowest BCUT2D eigenvalue weighted by atomic mass is 10.1. The summed E-state index contributed by atoms with van der Waals surface area (Å²) in [5.41, 5.74) is 6.55. The summed E-state index contributed by atoms with van der Waals surface area (Å²) in [4.78, 5) is 14.5. The molecule has 1 amide bonds. The average Bonchev–Trinajstić information content (AvgIpc) is 2.94. The van der Waals surface area contributed by atoms with E-state index in [2.05, 4.69) is 10.2 Å². The van der Waals surface area contributed by atoms with Gasteiger partial charge >= 0.3 is 0 Å². The fourth-order valence-corrected chi connectivity index (χ4v) is 3.35. The van der Waals surface area contributed by atoms with Gasteiger partial charge < -0.3 is 11.1 Å². The number of benzene rings is 1. The van der Waals surface area contributed by atoms with E-state index in [4.69, 9.17) is 28.9 Å². The van der Waals surface area contributed by atoms with E-state index in [-0.39, 0.29) is 11.9 Å². The van der Waals surface area contributed by atoms with Crippen molar-refractivity contribution in [2.24, 2.45) is 0 Å². The van der Waals surface area contributed by atoms with Gasteiger partial charge in [-0.15, -0.1) is 0 Å². The Balaban J connectivity index is 2.07. The van der Waals surface area contributed by atoms with E-state index in [1.807, 2.05) is 14.0 Å². The third kappa shape index (κ3) is 3.82. The Morgan fingerprint density at radius 3 is 2.38 bits per heavy atom. The molecular weight excluding hydrogens is 309 g/mol. The van der Waals surface area contributed by atoms with Gasteiger partial charge in [-0.3, -0.25) is 9.69 Å². The van der Waals surface area contributed by atoms with Crippen molar-refractivity contribution >= 4 is 40.5 Å². The van der Waals surface area contributed by atoms with Crippen molar-refractivity contribution in [3.05, 3.63) is 22.2 Å². The molecule has 0 radical (unpaired) electrons. The number of nitrogens with zero attached hydrogens (tertiary/aromatic N) is 1. The van der Waals surface area contributed by atoms with Crippen LogP contribution < -0.4 is 11.1 Å². The predicted molar refractivity (Wildman–Crippen MR) is 89.0 cm³/mol. The minimum Gasteiger partial charge on any atom is -0.399 e. The first-order chi connectivity index (χ1) is 9.90. The molecule has 3 N–H and O–H groups in total. The van der Waals surface area contributed by atoms with Gasteiger partial charge in [0.1, 0.15) is 0 Å². The van der Waals surface area contributed by atoms with Gasteiger partial charge in [0.15, 0.2) is 0 Å². The van der Waals surface area contributed by atoms with E-state index < -0.39 is 0 Å². The zero-order valence-electron chi connectivity index (χ0n) is 12.3. The van der Waals surface area contributed by atoms with Gasteiger partial charge in [0.25, 0.3) is 0 Å². The maximum atomic E-state index is 12.4. The van der Waals surface area contributed by atoms with E-state index in [1.165, 1.54) is 12.8 Å². The van der Waals surface area contributed by atoms with E-state index in [9.17, 15) is 4.79 Å². The summed E-state index contributed by atoms with van der Waals surface area (Å²) in [6.07, 6.45) is 4.77. The molecule has 1 aliphatic carbocycles. The molecule has 1 aromatic rings. The summed E-state index contributed by atoms with van der Waals surface area (Å²) in [6, 6.07) is 3.39. The second-order valence-corrected chi connectivity index (χ2v) is 6.44. The number of likely N-dealkylation sites (N-methyl/N-ethyl adjacent to an activating group) is 1. The highest BCUT2D eigenvalue weighted by molar-refractivity contribution is 6.40. The lowest BCUT2D eigenvalue weighted by Crippen LogP contribution is -2.44. The zero-order valence-corrected chi connectivity index (χ0v) is 13.8. The summed E-state index contributed by atoms with van der Waals surface area (Å²) in [7, 11) is 1.99. The van der Waals surface area contributed by atoms with Gasteiger partial charge in [0.2, 0.25) is 5.91 Å². The predicted octanol–water partition coefficient (Wildman–Crippen LogP) is 3.78. The first-order valence-corrected chi connectivity index (χ1v) is 7.93. The van der Waals surface area contributed by atoms with Crippen molar-refractivity contribution in [1.29, 1.82) is 0 Å². The number of rotatable bonds is 4. The third-order valence-electron chi connectivity index (χ3n) is 4.20. The second-order valence-electron chi connectivity index (χ2n) is 5.63. The van der Waals surface area contributed by atoms with E-state index in [0.717, 1.165) is 12.8 Å². The summed E-state index contributed by atoms with van der Waals surface area (Å²) in [6.45, 7) is 1.90. The molecule has 0 saturated heterocycles. The largest absolute Gasteiger partial charge is 0.399 e. The monoisotopic (exact) mass is 329 g/mol. The van der Waals surface area contributed by atoms with Gasteiger partial charge in [-0.1, -0.05) is 36.0 Å². The number of carbonyl (C=O) groups excluding carboxylic acids is 1. The highest BCUT2D eigenvalue weighted by atomic mass is 35.5. The van der Waals surface area contributed by atoms with Crippen LogP contribution in [0.25, 0.3) is 0 Å². The van der Waals surface area contributed by atoms with Crippen molar-refractivity contribution in [3.8, 4) is 0 Å². The van der Waals surface area contributed by atoms with Crippen molar-refractivity contribution in [3.63, 3.8) is 0 Å². The van der Waals surface area contributed by atoms with Crippen LogP contribution in [0.1, 0.15) is 32.6 Å². The van der Waals surface area contributed by atoms with E-state index in [1.54, 1.807) is 12.1 Å². The van der Waals surface area contributed by atoms with Crippen LogP contribution in [0.4, 0.5) is 11.4 Å². The van der Waals surface area contributed by atoms with Crippen LogP contribution in [-0.4, -0.2) is 29.9 Å². The molecule has 1 unspecified atom stereocenters. The smallest absolute Gasteiger partial charge is 0.241 e. The number of hydrogen-bond donors (Lipinski definition) is 2. The minimum absolute atomic E-state index is 0.113. The minimum atomic E-state index is -0.238. The number of amides is 1. The zero-order chi connectivity index (χ0) is 15.6. The quantitative estimate of drug-likeness (QED) is 0.826. The third-order valence-corrected chi connectivity index (χ3v) is 4.80. The maximum absolute atomic E-state index is 12.4. The number of anilines is 2. The van der Waals surface area contributed by atoms with E-state index >= 15 is 0 Å². The van der Waals surface area contributed by atoms with Crippen LogP contribution >= 0.6 is 23.2 Å². The fraction of sp³-hybridized carbons (Fsp3) is 0.533. The Hall–Kier alpha value is -0.970. The van der Waals surface area contributed by atoms with Crippen LogP contribution in [0.2, 0.25) is 10.0 Å². The summed E-state index contributed by atoms with van der Waals surface area (Å²) < 4.78 is 0. The lowest BCUT2D eigenvalue weighted by molar-refractivity contribution is -0.121. The highest BCUT2D eigenvalue weighted by Gasteiger charge is 2.27. The SMILES string of the molecule is CC(C(=O)Nc1c(Cl)cc(N)cc1Cl)N(C)C1CCCC1. The molecule has 0 aromatic heterocycles. The molecule has 0 bridgehead atoms. The van der Waals surface area contributed by atoms with Gasteiger partial charge in [0.05, 0.1) is 21.8 Å². The molecule has 1 aromatic carbocycles. The lowest BCUT2D eigenvalue weighted by Gasteiger charge is -2.29. The highest BCUT2D eigenvalue weighted by Crippen LogP contribution is 2.33. The Kier molecular flexibility index (Phi) is 5.36. The first-order valence-electron chi connectivity index (χ1n) is 7.17. The Morgan fingerprint density at radius 2 is 1.86 bits per heavy atom. The van der Waals surface area contributed by atoms with Crippen LogP contribution in [-0.2, 0) is 4.79 Å². The Labute approximate surface area is 135 Å². The molecule has 1 aliphatic rings. The summed E-state index contributed by atoms with van der Waals surface area (Å²) in [5, 5.41) is 3.51. The molecule has 116 valence electrons. The molecule has 0 spiro atoms. The van der Waals surface area contributed by atoms with Crippen molar-refractivity contribution < 1.29 is 4.79 Å². The fourth-order valence-electron chi connectivity index (χ4n) is 2.75. The van der Waals surface area contributed by atoms with Crippen LogP contribution in [0.15, 0.2) is 12.1 Å². The standard InChI is InChI=1S/C15H21Cl2N3O/c1-9(20(2)11-5-3-4-6-11)15(21)19-14-12(16)7-10(18)8-13(14)17/h7-9,11H,3-6,18H2,1-2H3,(H,19,21). The van der Waals surface area contributed by atoms with Crippen LogP contribution in [0.3, 0.4) is 0 Å². The summed E-state index contributed by atoms with van der Waals surface area (Å²) in [5.74, 6) is -0.113. The average molecular weight is 330 g/mol. The van der Waals surface area contributed by atoms with Gasteiger partial charge in [0, 0.05) is 11.7 Å². The van der Waals surface area contributed by atoms with Crippen LogP contribution in [0, 0.1) is 0 Å². The van der Waals surface area contributed by atoms with Gasteiger partial charge in [-0.2, -0.15) is 0 Å². The first kappa shape index (κ1) is 16.4. The molecule has 1 atom stereocenters. The molecule has 0 aliphatic heterocycles. The number of carbonyl (C=O) groups is 1. The number of halogens is 2. The normalized spacial score (nSPS) is 17.2. The molecule has 21 heavy (non-hydrogen) atoms. The maximum Gasteiger partial charge on any atom is 0.241 e. The molecule has 6 heteroatoms. The molecular formula is C15H21Cl2N3O. The van der Waals surface area contributed by atoms with Crippen LogP contribution in [0.5, 0.6) is 0 Å². The topological polar surface area (TPSA) is 58.4 Å². The molecule has 1 saturated carbocycles. The Bertz CT molecular complexity index is 507. The van der Waals surface area contributed by atoms with Gasteiger partial charge in [-0.25, -0.2) is 0 Å². The summed E-state index contributed by atoms with van der Waals surface area (Å²) >= 11 is 12.2. The van der Waals surface area contributed by atoms with Crippen molar-refractivity contribution in [1.82, 2.24) is 4.90 Å². The molecule has 0 heterocycles. The number of nitrogens with two attached hydrogens (primary N) is 1. The second kappa shape index (κ2) is 6.86. The Morgan fingerprint density at radius 1 is 1.33 bits per heavy atom.